The van der Waals surface area contributed by atoms with E-state index in [0.29, 0.717) is 13.0 Å². The number of hydrogen-bond donors (Lipinski definition) is 1. The molecule has 0 aromatic heterocycles. The van der Waals surface area contributed by atoms with Crippen molar-refractivity contribution in [2.24, 2.45) is 5.92 Å². The van der Waals surface area contributed by atoms with Gasteiger partial charge in [-0.05, 0) is 13.3 Å². The monoisotopic (exact) mass is 130 g/mol. The maximum absolute atomic E-state index is 10.6. The summed E-state index contributed by atoms with van der Waals surface area (Å²) in [5.41, 5.74) is 0. The Balaban J connectivity index is 2.49. The molecule has 1 saturated heterocycles. The number of rotatable bonds is 1. The van der Waals surface area contributed by atoms with Crippen LogP contribution in [0.25, 0.3) is 0 Å². The van der Waals surface area contributed by atoms with Crippen LogP contribution in [0.1, 0.15) is 13.3 Å². The molecule has 0 bridgehead atoms. The summed E-state index contributed by atoms with van der Waals surface area (Å²) in [7, 11) is 0. The molecule has 1 aliphatic heterocycles. The van der Waals surface area contributed by atoms with E-state index in [0.717, 1.165) is 0 Å². The summed E-state index contributed by atoms with van der Waals surface area (Å²) in [6.45, 7) is 1.98. The molecule has 1 aliphatic rings. The van der Waals surface area contributed by atoms with Crippen molar-refractivity contribution in [3.05, 3.63) is 0 Å². The summed E-state index contributed by atoms with van der Waals surface area (Å²) in [4.78, 5) is 10.6. The minimum atomic E-state index is -0.845. The average Bonchev–Trinajstić information content (AvgIpc) is 2.13. The molecule has 1 rings (SSSR count). The molecule has 1 heterocycles. The second-order valence-electron chi connectivity index (χ2n) is 2.27. The van der Waals surface area contributed by atoms with Crippen LogP contribution in [0.4, 0.5) is 0 Å². The molecule has 1 fully saturated rings. The van der Waals surface area contributed by atoms with Crippen molar-refractivity contribution in [1.82, 2.24) is 0 Å². The van der Waals surface area contributed by atoms with E-state index in [9.17, 15) is 4.79 Å². The van der Waals surface area contributed by atoms with Crippen LogP contribution >= 0.6 is 0 Å². The van der Waals surface area contributed by atoms with E-state index in [1.807, 2.05) is 0 Å². The lowest BCUT2D eigenvalue weighted by atomic mass is 10.0. The molecular formula is C6H10O3. The van der Waals surface area contributed by atoms with Crippen LogP contribution in [0.5, 0.6) is 0 Å². The van der Waals surface area contributed by atoms with E-state index in [2.05, 4.69) is 0 Å². The molecule has 2 unspecified atom stereocenters. The minimum Gasteiger partial charge on any atom is -0.367 e. The van der Waals surface area contributed by atoms with Gasteiger partial charge in [-0.3, -0.25) is 4.79 Å². The second-order valence-corrected chi connectivity index (χ2v) is 2.27. The Morgan fingerprint density at radius 3 is 2.67 bits per heavy atom. The summed E-state index contributed by atoms with van der Waals surface area (Å²) in [5.74, 6) is -0.259. The molecular weight excluding hydrogens is 120 g/mol. The van der Waals surface area contributed by atoms with E-state index in [1.165, 1.54) is 6.92 Å². The summed E-state index contributed by atoms with van der Waals surface area (Å²) in [6.07, 6.45) is -0.182. The van der Waals surface area contributed by atoms with Crippen LogP contribution in [0.15, 0.2) is 0 Å². The fourth-order valence-electron chi connectivity index (χ4n) is 0.979. The molecule has 2 atom stereocenters. The zero-order chi connectivity index (χ0) is 6.85. The normalized spacial score (nSPS) is 34.9. The largest absolute Gasteiger partial charge is 0.367 e. The van der Waals surface area contributed by atoms with Crippen molar-refractivity contribution in [2.75, 3.05) is 6.61 Å². The first-order valence-electron chi connectivity index (χ1n) is 3.02. The van der Waals surface area contributed by atoms with Crippen LogP contribution in [0, 0.1) is 5.92 Å². The predicted molar refractivity (Wildman–Crippen MR) is 30.7 cm³/mol. The molecule has 0 radical (unpaired) electrons. The number of aliphatic hydroxyl groups is 1. The minimum absolute atomic E-state index is 0.0139. The average molecular weight is 130 g/mol. The lowest BCUT2D eigenvalue weighted by Crippen LogP contribution is -2.21. The number of ketones is 1. The molecule has 0 saturated carbocycles. The third kappa shape index (κ3) is 1.28. The van der Waals surface area contributed by atoms with Gasteiger partial charge in [0.1, 0.15) is 5.78 Å². The Labute approximate surface area is 53.6 Å². The first-order chi connectivity index (χ1) is 4.22. The quantitative estimate of drug-likeness (QED) is 0.540. The van der Waals surface area contributed by atoms with Crippen LogP contribution < -0.4 is 0 Å². The Morgan fingerprint density at radius 2 is 2.44 bits per heavy atom. The predicted octanol–water partition coefficient (Wildman–Crippen LogP) is -0.0697. The van der Waals surface area contributed by atoms with Crippen molar-refractivity contribution in [1.29, 1.82) is 0 Å². The van der Waals surface area contributed by atoms with E-state index < -0.39 is 6.29 Å². The summed E-state index contributed by atoms with van der Waals surface area (Å²) in [5, 5.41) is 8.92. The third-order valence-corrected chi connectivity index (χ3v) is 1.58. The first kappa shape index (κ1) is 6.71. The number of ether oxygens (including phenoxy) is 1. The molecule has 0 aromatic carbocycles. The van der Waals surface area contributed by atoms with E-state index >= 15 is 0 Å². The van der Waals surface area contributed by atoms with Gasteiger partial charge >= 0.3 is 0 Å². The highest BCUT2D eigenvalue weighted by Gasteiger charge is 2.29. The molecule has 3 nitrogen and oxygen atoms in total. The van der Waals surface area contributed by atoms with Crippen molar-refractivity contribution in [2.45, 2.75) is 19.6 Å². The molecule has 0 amide bonds. The van der Waals surface area contributed by atoms with Crippen molar-refractivity contribution in [3.63, 3.8) is 0 Å². The Bertz CT molecular complexity index is 121. The number of carbonyl (C=O) groups is 1. The summed E-state index contributed by atoms with van der Waals surface area (Å²) >= 11 is 0. The third-order valence-electron chi connectivity index (χ3n) is 1.58. The van der Waals surface area contributed by atoms with Gasteiger partial charge in [-0.2, -0.15) is 0 Å². The summed E-state index contributed by atoms with van der Waals surface area (Å²) in [6, 6.07) is 0. The number of Topliss-reactive ketones (excluding diaryl/α,β-unsaturated/α-hetero) is 1. The molecule has 0 spiro atoms. The van der Waals surface area contributed by atoms with Gasteiger partial charge in [0.05, 0.1) is 12.5 Å². The topological polar surface area (TPSA) is 46.5 Å². The zero-order valence-corrected chi connectivity index (χ0v) is 5.33. The standard InChI is InChI=1S/C6H10O3/c1-4(7)5-2-3-9-6(5)8/h5-6,8H,2-3H2,1H3. The Hall–Kier alpha value is -0.410. The number of hydrogen-bond acceptors (Lipinski definition) is 3. The lowest BCUT2D eigenvalue weighted by molar-refractivity contribution is -0.132. The van der Waals surface area contributed by atoms with Gasteiger partial charge in [0.25, 0.3) is 0 Å². The van der Waals surface area contributed by atoms with Crippen LogP contribution in [-0.2, 0) is 9.53 Å². The Morgan fingerprint density at radius 1 is 1.78 bits per heavy atom. The second kappa shape index (κ2) is 2.45. The van der Waals surface area contributed by atoms with Gasteiger partial charge in [-0.25, -0.2) is 0 Å². The molecule has 1 N–H and O–H groups in total. The summed E-state index contributed by atoms with van der Waals surface area (Å²) < 4.78 is 4.76. The lowest BCUT2D eigenvalue weighted by Gasteiger charge is -2.06. The van der Waals surface area contributed by atoms with Crippen molar-refractivity contribution < 1.29 is 14.6 Å². The first-order valence-corrected chi connectivity index (χ1v) is 3.02. The van der Waals surface area contributed by atoms with Gasteiger partial charge in [0, 0.05) is 0 Å². The SMILES string of the molecule is CC(=O)C1CCOC1O. The Kier molecular flexibility index (Phi) is 1.83. The van der Waals surface area contributed by atoms with Gasteiger partial charge in [-0.15, -0.1) is 0 Å². The fourth-order valence-corrected chi connectivity index (χ4v) is 0.979. The highest BCUT2D eigenvalue weighted by atomic mass is 16.6. The van der Waals surface area contributed by atoms with Crippen molar-refractivity contribution >= 4 is 5.78 Å². The maximum Gasteiger partial charge on any atom is 0.164 e. The number of carbonyl (C=O) groups excluding carboxylic acids is 1. The maximum atomic E-state index is 10.6. The highest BCUT2D eigenvalue weighted by Crippen LogP contribution is 2.18. The zero-order valence-electron chi connectivity index (χ0n) is 5.33. The molecule has 9 heavy (non-hydrogen) atoms. The van der Waals surface area contributed by atoms with E-state index in [-0.39, 0.29) is 11.7 Å². The van der Waals surface area contributed by atoms with Gasteiger partial charge in [-0.1, -0.05) is 0 Å². The highest BCUT2D eigenvalue weighted by molar-refractivity contribution is 5.78. The van der Waals surface area contributed by atoms with Crippen molar-refractivity contribution in [3.8, 4) is 0 Å². The van der Waals surface area contributed by atoms with Gasteiger partial charge < -0.3 is 9.84 Å². The molecule has 0 aliphatic carbocycles. The molecule has 0 aromatic rings. The van der Waals surface area contributed by atoms with Crippen LogP contribution in [-0.4, -0.2) is 23.8 Å². The fraction of sp³-hybridized carbons (Fsp3) is 0.833. The van der Waals surface area contributed by atoms with E-state index in [1.54, 1.807) is 0 Å². The van der Waals surface area contributed by atoms with Crippen LogP contribution in [0.2, 0.25) is 0 Å². The number of aliphatic hydroxyl groups excluding tert-OH is 1. The van der Waals surface area contributed by atoms with E-state index in [4.69, 9.17) is 9.84 Å². The molecule has 52 valence electrons. The smallest absolute Gasteiger partial charge is 0.164 e. The van der Waals surface area contributed by atoms with Gasteiger partial charge in [0.15, 0.2) is 6.29 Å². The van der Waals surface area contributed by atoms with Gasteiger partial charge in [0.2, 0.25) is 0 Å². The van der Waals surface area contributed by atoms with Crippen LogP contribution in [0.3, 0.4) is 0 Å². The molecule has 3 heteroatoms.